The van der Waals surface area contributed by atoms with Crippen LogP contribution >= 0.6 is 0 Å². The van der Waals surface area contributed by atoms with Gasteiger partial charge in [-0.15, -0.1) is 0 Å². The molecule has 0 saturated carbocycles. The predicted octanol–water partition coefficient (Wildman–Crippen LogP) is 3.26. The molecule has 2 rings (SSSR count). The average Bonchev–Trinajstić information content (AvgIpc) is 2.44. The van der Waals surface area contributed by atoms with Crippen molar-refractivity contribution in [3.63, 3.8) is 0 Å². The standard InChI is InChI=1S/C15H13F3N2O4/c1-7-11(14(21)22)12(13(20(23)24)8(2)19-7)9-5-3-4-6-10(9)15(16,17)18/h3-6,12,19H,1-2H3,(H,21,22)/t12-/m1/s1. The van der Waals surface area contributed by atoms with Gasteiger partial charge in [-0.1, -0.05) is 18.2 Å². The van der Waals surface area contributed by atoms with Crippen LogP contribution in [0.2, 0.25) is 0 Å². The molecule has 0 aromatic heterocycles. The van der Waals surface area contributed by atoms with Crippen molar-refractivity contribution in [1.29, 1.82) is 0 Å². The Morgan fingerprint density at radius 1 is 1.25 bits per heavy atom. The van der Waals surface area contributed by atoms with E-state index in [1.807, 2.05) is 0 Å². The van der Waals surface area contributed by atoms with Crippen LogP contribution in [0.25, 0.3) is 0 Å². The molecule has 0 unspecified atom stereocenters. The molecule has 128 valence electrons. The summed E-state index contributed by atoms with van der Waals surface area (Å²) in [5.74, 6) is -3.15. The Hall–Kier alpha value is -2.84. The zero-order chi connectivity index (χ0) is 18.2. The number of dihydropyridines is 1. The molecule has 0 amide bonds. The lowest BCUT2D eigenvalue weighted by Crippen LogP contribution is -2.31. The summed E-state index contributed by atoms with van der Waals surface area (Å²) in [7, 11) is 0. The van der Waals surface area contributed by atoms with E-state index in [9.17, 15) is 33.2 Å². The Morgan fingerprint density at radius 2 is 1.83 bits per heavy atom. The molecule has 0 radical (unpaired) electrons. The van der Waals surface area contributed by atoms with Crippen molar-refractivity contribution in [3.05, 3.63) is 68.2 Å². The molecule has 1 aliphatic rings. The van der Waals surface area contributed by atoms with Gasteiger partial charge in [0.2, 0.25) is 0 Å². The number of carbonyl (C=O) groups is 1. The van der Waals surface area contributed by atoms with Gasteiger partial charge in [-0.3, -0.25) is 10.1 Å². The molecule has 24 heavy (non-hydrogen) atoms. The van der Waals surface area contributed by atoms with Gasteiger partial charge in [0.1, 0.15) is 5.92 Å². The van der Waals surface area contributed by atoms with Gasteiger partial charge in [-0.25, -0.2) is 4.79 Å². The van der Waals surface area contributed by atoms with Gasteiger partial charge < -0.3 is 10.4 Å². The lowest BCUT2D eigenvalue weighted by atomic mass is 9.82. The number of hydrogen-bond donors (Lipinski definition) is 2. The van der Waals surface area contributed by atoms with E-state index in [0.29, 0.717) is 0 Å². The second-order valence-electron chi connectivity index (χ2n) is 5.25. The summed E-state index contributed by atoms with van der Waals surface area (Å²) in [6.45, 7) is 2.68. The van der Waals surface area contributed by atoms with Crippen LogP contribution in [0.4, 0.5) is 13.2 Å². The van der Waals surface area contributed by atoms with E-state index >= 15 is 0 Å². The molecule has 1 heterocycles. The highest BCUT2D eigenvalue weighted by atomic mass is 19.4. The van der Waals surface area contributed by atoms with Crippen molar-refractivity contribution >= 4 is 5.97 Å². The molecule has 0 saturated heterocycles. The molecule has 1 aliphatic heterocycles. The fourth-order valence-electron chi connectivity index (χ4n) is 2.82. The van der Waals surface area contributed by atoms with Gasteiger partial charge in [0.05, 0.1) is 21.8 Å². The minimum atomic E-state index is -4.77. The van der Waals surface area contributed by atoms with Crippen molar-refractivity contribution in [2.24, 2.45) is 0 Å². The molecule has 1 aromatic rings. The normalized spacial score (nSPS) is 18.5. The minimum Gasteiger partial charge on any atom is -0.478 e. The van der Waals surface area contributed by atoms with E-state index in [4.69, 9.17) is 0 Å². The third kappa shape index (κ3) is 2.97. The Labute approximate surface area is 134 Å². The molecule has 2 N–H and O–H groups in total. The number of benzene rings is 1. The van der Waals surface area contributed by atoms with Crippen LogP contribution in [0.5, 0.6) is 0 Å². The summed E-state index contributed by atoms with van der Waals surface area (Å²) in [6.07, 6.45) is -4.77. The van der Waals surface area contributed by atoms with Crippen LogP contribution in [0, 0.1) is 10.1 Å². The minimum absolute atomic E-state index is 0.00415. The first kappa shape index (κ1) is 17.5. The van der Waals surface area contributed by atoms with E-state index in [1.165, 1.54) is 19.9 Å². The maximum Gasteiger partial charge on any atom is 0.416 e. The SMILES string of the molecule is CC1=C(C(=O)O)[C@@H](c2ccccc2C(F)(F)F)C([N+](=O)[O-])=C(C)N1. The lowest BCUT2D eigenvalue weighted by Gasteiger charge is -2.27. The predicted molar refractivity (Wildman–Crippen MR) is 77.4 cm³/mol. The van der Waals surface area contributed by atoms with Crippen molar-refractivity contribution in [1.82, 2.24) is 5.32 Å². The number of hydrogen-bond acceptors (Lipinski definition) is 4. The molecule has 9 heteroatoms. The molecule has 0 aliphatic carbocycles. The largest absolute Gasteiger partial charge is 0.478 e. The van der Waals surface area contributed by atoms with Crippen LogP contribution in [0.15, 0.2) is 46.9 Å². The van der Waals surface area contributed by atoms with Crippen LogP contribution < -0.4 is 5.32 Å². The summed E-state index contributed by atoms with van der Waals surface area (Å²) in [4.78, 5) is 22.1. The summed E-state index contributed by atoms with van der Waals surface area (Å²) in [5, 5.41) is 23.3. The summed E-state index contributed by atoms with van der Waals surface area (Å²) >= 11 is 0. The monoisotopic (exact) mass is 342 g/mol. The first-order chi connectivity index (χ1) is 11.1. The van der Waals surface area contributed by atoms with Gasteiger partial charge in [0, 0.05) is 5.70 Å². The van der Waals surface area contributed by atoms with Crippen molar-refractivity contribution in [2.75, 3.05) is 0 Å². The van der Waals surface area contributed by atoms with Crippen molar-refractivity contribution in [2.45, 2.75) is 25.9 Å². The molecular formula is C15H13F3N2O4. The highest BCUT2D eigenvalue weighted by molar-refractivity contribution is 5.91. The quantitative estimate of drug-likeness (QED) is 0.650. The number of halogens is 3. The number of carboxylic acids is 1. The van der Waals surface area contributed by atoms with Gasteiger partial charge in [0.25, 0.3) is 5.70 Å². The molecule has 6 nitrogen and oxygen atoms in total. The molecule has 1 atom stereocenters. The Bertz CT molecular complexity index is 745. The number of nitrogens with one attached hydrogen (secondary N) is 1. The first-order valence-electron chi connectivity index (χ1n) is 6.78. The number of aliphatic carboxylic acids is 1. The van der Waals surface area contributed by atoms with E-state index in [-0.39, 0.29) is 11.4 Å². The number of rotatable bonds is 3. The number of nitro groups is 1. The van der Waals surface area contributed by atoms with E-state index in [0.717, 1.165) is 18.2 Å². The number of nitrogens with zero attached hydrogens (tertiary/aromatic N) is 1. The van der Waals surface area contributed by atoms with Crippen LogP contribution in [-0.4, -0.2) is 16.0 Å². The smallest absolute Gasteiger partial charge is 0.416 e. The second-order valence-corrected chi connectivity index (χ2v) is 5.25. The fraction of sp³-hybridized carbons (Fsp3) is 0.267. The van der Waals surface area contributed by atoms with Crippen LogP contribution in [0.1, 0.15) is 30.9 Å². The first-order valence-corrected chi connectivity index (χ1v) is 6.78. The number of allylic oxidation sites excluding steroid dienone is 3. The van der Waals surface area contributed by atoms with Crippen LogP contribution in [-0.2, 0) is 11.0 Å². The van der Waals surface area contributed by atoms with E-state index in [2.05, 4.69) is 5.32 Å². The van der Waals surface area contributed by atoms with Crippen LogP contribution in [0.3, 0.4) is 0 Å². The highest BCUT2D eigenvalue weighted by Gasteiger charge is 2.44. The summed E-state index contributed by atoms with van der Waals surface area (Å²) in [5.41, 5.74) is -2.60. The average molecular weight is 342 g/mol. The topological polar surface area (TPSA) is 92.5 Å². The Balaban J connectivity index is 2.82. The van der Waals surface area contributed by atoms with Gasteiger partial charge >= 0.3 is 12.1 Å². The highest BCUT2D eigenvalue weighted by Crippen LogP contribution is 2.43. The molecule has 0 bridgehead atoms. The molecular weight excluding hydrogens is 329 g/mol. The molecule has 1 aromatic carbocycles. The molecule has 0 spiro atoms. The second kappa shape index (κ2) is 5.99. The van der Waals surface area contributed by atoms with Gasteiger partial charge in [0.15, 0.2) is 0 Å². The summed E-state index contributed by atoms with van der Waals surface area (Å²) < 4.78 is 39.9. The Morgan fingerprint density at radius 3 is 2.33 bits per heavy atom. The fourth-order valence-corrected chi connectivity index (χ4v) is 2.82. The van der Waals surface area contributed by atoms with E-state index < -0.39 is 45.4 Å². The van der Waals surface area contributed by atoms with Gasteiger partial charge in [-0.2, -0.15) is 13.2 Å². The van der Waals surface area contributed by atoms with Crippen molar-refractivity contribution in [3.8, 4) is 0 Å². The summed E-state index contributed by atoms with van der Waals surface area (Å²) in [6, 6.07) is 4.27. The van der Waals surface area contributed by atoms with Crippen molar-refractivity contribution < 1.29 is 28.0 Å². The lowest BCUT2D eigenvalue weighted by molar-refractivity contribution is -0.431. The number of carboxylic acid groups (broad SMARTS) is 1. The maximum atomic E-state index is 13.3. The Kier molecular flexibility index (Phi) is 4.37. The van der Waals surface area contributed by atoms with Gasteiger partial charge in [-0.05, 0) is 25.5 Å². The third-order valence-corrected chi connectivity index (χ3v) is 3.73. The zero-order valence-electron chi connectivity index (χ0n) is 12.6. The molecule has 0 fully saturated rings. The maximum absolute atomic E-state index is 13.3. The third-order valence-electron chi connectivity index (χ3n) is 3.73. The number of alkyl halides is 3. The zero-order valence-corrected chi connectivity index (χ0v) is 12.6. The van der Waals surface area contributed by atoms with E-state index in [1.54, 1.807) is 0 Å².